The quantitative estimate of drug-likeness (QED) is 0.892. The van der Waals surface area contributed by atoms with Gasteiger partial charge in [-0.3, -0.25) is 4.79 Å². The van der Waals surface area contributed by atoms with E-state index in [1.807, 2.05) is 24.3 Å². The summed E-state index contributed by atoms with van der Waals surface area (Å²) < 4.78 is 0. The summed E-state index contributed by atoms with van der Waals surface area (Å²) in [6.07, 6.45) is -0.0391. The summed E-state index contributed by atoms with van der Waals surface area (Å²) in [5.41, 5.74) is 2.47. The Bertz CT molecular complexity index is 656. The van der Waals surface area contributed by atoms with Crippen molar-refractivity contribution >= 4 is 17.5 Å². The predicted molar refractivity (Wildman–Crippen MR) is 77.8 cm³/mol. The smallest absolute Gasteiger partial charge is 0.253 e. The summed E-state index contributed by atoms with van der Waals surface area (Å²) in [6.45, 7) is 0. The molecule has 0 aromatic heterocycles. The molecule has 0 radical (unpaired) electrons. The molecule has 4 heteroatoms. The van der Waals surface area contributed by atoms with Gasteiger partial charge < -0.3 is 10.4 Å². The molecule has 2 N–H and O–H groups in total. The third-order valence-corrected chi connectivity index (χ3v) is 3.94. The molecule has 0 aliphatic heterocycles. The fourth-order valence-corrected chi connectivity index (χ4v) is 2.83. The van der Waals surface area contributed by atoms with Gasteiger partial charge in [-0.2, -0.15) is 0 Å². The average Bonchev–Trinajstić information content (AvgIpc) is 2.76. The summed E-state index contributed by atoms with van der Waals surface area (Å²) in [5.74, 6) is -0.267. The monoisotopic (exact) mass is 287 g/mol. The number of carbonyl (C=O) groups excluding carboxylic acids is 1. The van der Waals surface area contributed by atoms with E-state index in [1.165, 1.54) is 0 Å². The average molecular weight is 288 g/mol. The van der Waals surface area contributed by atoms with Crippen molar-refractivity contribution in [2.75, 3.05) is 0 Å². The van der Waals surface area contributed by atoms with Gasteiger partial charge >= 0.3 is 0 Å². The van der Waals surface area contributed by atoms with E-state index in [1.54, 1.807) is 24.3 Å². The largest absolute Gasteiger partial charge is 0.390 e. The molecule has 2 aromatic carbocycles. The third-order valence-electron chi connectivity index (χ3n) is 3.61. The molecule has 0 heterocycles. The molecule has 1 aliphatic carbocycles. The van der Waals surface area contributed by atoms with E-state index >= 15 is 0 Å². The lowest BCUT2D eigenvalue weighted by atomic mass is 10.1. The van der Waals surface area contributed by atoms with Crippen LogP contribution in [0.2, 0.25) is 5.02 Å². The SMILES string of the molecule is O=C(N[C@@H]1c2ccccc2C[C@H]1O)c1ccccc1Cl. The highest BCUT2D eigenvalue weighted by Crippen LogP contribution is 2.31. The number of carbonyl (C=O) groups is 1. The zero-order chi connectivity index (χ0) is 14.1. The number of hydrogen-bond acceptors (Lipinski definition) is 2. The molecule has 0 spiro atoms. The van der Waals surface area contributed by atoms with Crippen molar-refractivity contribution in [2.45, 2.75) is 18.6 Å². The van der Waals surface area contributed by atoms with Gasteiger partial charge in [-0.15, -0.1) is 0 Å². The molecular formula is C16H14ClNO2. The van der Waals surface area contributed by atoms with Crippen molar-refractivity contribution in [3.63, 3.8) is 0 Å². The van der Waals surface area contributed by atoms with Gasteiger partial charge in [0.05, 0.1) is 22.7 Å². The van der Waals surface area contributed by atoms with E-state index in [2.05, 4.69) is 5.32 Å². The maximum atomic E-state index is 12.3. The Morgan fingerprint density at radius 1 is 1.15 bits per heavy atom. The van der Waals surface area contributed by atoms with Crippen LogP contribution < -0.4 is 5.32 Å². The molecule has 0 bridgehead atoms. The standard InChI is InChI=1S/C16H14ClNO2/c17-13-8-4-3-7-12(13)16(20)18-15-11-6-2-1-5-10(11)9-14(15)19/h1-8,14-15,19H,9H2,(H,18,20)/t14-,15-/m1/s1. The molecule has 1 amide bonds. The number of fused-ring (bicyclic) bond motifs is 1. The van der Waals surface area contributed by atoms with Gasteiger partial charge in [0.15, 0.2) is 0 Å². The van der Waals surface area contributed by atoms with Crippen LogP contribution in [0.15, 0.2) is 48.5 Å². The number of hydrogen-bond donors (Lipinski definition) is 2. The fraction of sp³-hybridized carbons (Fsp3) is 0.188. The number of aliphatic hydroxyl groups excluding tert-OH is 1. The van der Waals surface area contributed by atoms with Crippen LogP contribution >= 0.6 is 11.6 Å². The van der Waals surface area contributed by atoms with Crippen LogP contribution in [-0.4, -0.2) is 17.1 Å². The Balaban J connectivity index is 1.85. The molecule has 0 saturated carbocycles. The lowest BCUT2D eigenvalue weighted by Gasteiger charge is -2.18. The van der Waals surface area contributed by atoms with Gasteiger partial charge in [-0.05, 0) is 23.3 Å². The fourth-order valence-electron chi connectivity index (χ4n) is 2.61. The molecule has 0 saturated heterocycles. The first kappa shape index (κ1) is 13.2. The summed E-state index contributed by atoms with van der Waals surface area (Å²) >= 11 is 6.02. The van der Waals surface area contributed by atoms with Gasteiger partial charge in [-0.1, -0.05) is 48.0 Å². The van der Waals surface area contributed by atoms with E-state index in [9.17, 15) is 9.90 Å². The van der Waals surface area contributed by atoms with Crippen molar-refractivity contribution in [3.05, 3.63) is 70.2 Å². The predicted octanol–water partition coefficient (Wildman–Crippen LogP) is 2.73. The van der Waals surface area contributed by atoms with Crippen LogP contribution in [0.1, 0.15) is 27.5 Å². The van der Waals surface area contributed by atoms with E-state index in [-0.39, 0.29) is 11.9 Å². The number of halogens is 1. The van der Waals surface area contributed by atoms with Crippen molar-refractivity contribution < 1.29 is 9.90 Å². The minimum Gasteiger partial charge on any atom is -0.390 e. The zero-order valence-corrected chi connectivity index (χ0v) is 11.5. The molecule has 20 heavy (non-hydrogen) atoms. The van der Waals surface area contributed by atoms with Crippen molar-refractivity contribution in [1.82, 2.24) is 5.32 Å². The van der Waals surface area contributed by atoms with Crippen LogP contribution in [0.4, 0.5) is 0 Å². The van der Waals surface area contributed by atoms with Crippen LogP contribution in [0.5, 0.6) is 0 Å². The van der Waals surface area contributed by atoms with Crippen molar-refractivity contribution in [3.8, 4) is 0 Å². The Kier molecular flexibility index (Phi) is 3.47. The molecule has 0 fully saturated rings. The number of nitrogens with one attached hydrogen (secondary N) is 1. The minimum atomic E-state index is -0.598. The molecule has 0 unspecified atom stereocenters. The topological polar surface area (TPSA) is 49.3 Å². The van der Waals surface area contributed by atoms with Crippen LogP contribution in [0.25, 0.3) is 0 Å². The minimum absolute atomic E-state index is 0.267. The van der Waals surface area contributed by atoms with Crippen LogP contribution in [-0.2, 0) is 6.42 Å². The van der Waals surface area contributed by atoms with Gasteiger partial charge in [0.2, 0.25) is 0 Å². The van der Waals surface area contributed by atoms with E-state index in [0.717, 1.165) is 11.1 Å². The first-order valence-corrected chi connectivity index (χ1v) is 6.86. The van der Waals surface area contributed by atoms with E-state index < -0.39 is 6.10 Å². The number of rotatable bonds is 2. The summed E-state index contributed by atoms with van der Waals surface area (Å²) in [6, 6.07) is 14.3. The van der Waals surface area contributed by atoms with Gasteiger partial charge in [0, 0.05) is 6.42 Å². The molecule has 2 aromatic rings. The Labute approximate surface area is 122 Å². The first-order chi connectivity index (χ1) is 9.66. The van der Waals surface area contributed by atoms with Gasteiger partial charge in [0.25, 0.3) is 5.91 Å². The molecule has 3 nitrogen and oxygen atoms in total. The molecule has 2 atom stereocenters. The number of amides is 1. The first-order valence-electron chi connectivity index (χ1n) is 6.48. The van der Waals surface area contributed by atoms with Crippen LogP contribution in [0.3, 0.4) is 0 Å². The Morgan fingerprint density at radius 2 is 1.85 bits per heavy atom. The second-order valence-electron chi connectivity index (χ2n) is 4.90. The van der Waals surface area contributed by atoms with Crippen LogP contribution in [0, 0.1) is 0 Å². The molecule has 102 valence electrons. The van der Waals surface area contributed by atoms with Crippen molar-refractivity contribution in [1.29, 1.82) is 0 Å². The normalized spacial score (nSPS) is 20.5. The second kappa shape index (κ2) is 5.27. The summed E-state index contributed by atoms with van der Waals surface area (Å²) in [4.78, 5) is 12.3. The summed E-state index contributed by atoms with van der Waals surface area (Å²) in [5, 5.41) is 13.4. The lowest BCUT2D eigenvalue weighted by molar-refractivity contribution is 0.0858. The zero-order valence-electron chi connectivity index (χ0n) is 10.7. The Morgan fingerprint density at radius 3 is 2.65 bits per heavy atom. The second-order valence-corrected chi connectivity index (χ2v) is 5.31. The highest BCUT2D eigenvalue weighted by Gasteiger charge is 2.32. The van der Waals surface area contributed by atoms with Gasteiger partial charge in [-0.25, -0.2) is 0 Å². The van der Waals surface area contributed by atoms with Gasteiger partial charge in [0.1, 0.15) is 0 Å². The van der Waals surface area contributed by atoms with E-state index in [0.29, 0.717) is 17.0 Å². The summed E-state index contributed by atoms with van der Waals surface area (Å²) in [7, 11) is 0. The van der Waals surface area contributed by atoms with E-state index in [4.69, 9.17) is 11.6 Å². The Hall–Kier alpha value is -1.84. The maximum Gasteiger partial charge on any atom is 0.253 e. The third kappa shape index (κ3) is 2.30. The highest BCUT2D eigenvalue weighted by molar-refractivity contribution is 6.33. The molecule has 3 rings (SSSR count). The molecule has 1 aliphatic rings. The number of aliphatic hydroxyl groups is 1. The molecular weight excluding hydrogens is 274 g/mol. The number of benzene rings is 2. The lowest BCUT2D eigenvalue weighted by Crippen LogP contribution is -2.34. The maximum absolute atomic E-state index is 12.3. The van der Waals surface area contributed by atoms with Crippen molar-refractivity contribution in [2.24, 2.45) is 0 Å². The highest BCUT2D eigenvalue weighted by atomic mass is 35.5.